The third-order valence-electron chi connectivity index (χ3n) is 4.03. The van der Waals surface area contributed by atoms with E-state index in [0.717, 1.165) is 28.1 Å². The standard InChI is InChI=1S/C19H21N5O2/c1-12-7-14(3)19(15(4)8-12)26-10-18(25)21-16-5-6-17(13(2)9-16)24-11-20-22-23-24/h5-9,11H,10H2,1-4H3,(H,21,25). The third-order valence-corrected chi connectivity index (χ3v) is 4.03. The second kappa shape index (κ2) is 7.35. The zero-order valence-corrected chi connectivity index (χ0v) is 15.3. The maximum Gasteiger partial charge on any atom is 0.262 e. The van der Waals surface area contributed by atoms with Crippen LogP contribution in [0.25, 0.3) is 5.69 Å². The average molecular weight is 351 g/mol. The number of nitrogens with zero attached hydrogens (tertiary/aromatic N) is 4. The van der Waals surface area contributed by atoms with Crippen LogP contribution in [0.4, 0.5) is 5.69 Å². The fourth-order valence-corrected chi connectivity index (χ4v) is 2.99. The summed E-state index contributed by atoms with van der Waals surface area (Å²) in [6.45, 7) is 7.89. The molecular weight excluding hydrogens is 330 g/mol. The van der Waals surface area contributed by atoms with Crippen LogP contribution in [0.1, 0.15) is 22.3 Å². The van der Waals surface area contributed by atoms with Crippen molar-refractivity contribution >= 4 is 11.6 Å². The average Bonchev–Trinajstić information content (AvgIpc) is 3.08. The Balaban J connectivity index is 1.65. The third kappa shape index (κ3) is 3.88. The van der Waals surface area contributed by atoms with Crippen LogP contribution in [0, 0.1) is 27.7 Å². The summed E-state index contributed by atoms with van der Waals surface area (Å²) in [7, 11) is 0. The van der Waals surface area contributed by atoms with E-state index in [4.69, 9.17) is 4.74 Å². The van der Waals surface area contributed by atoms with Crippen LogP contribution in [0.15, 0.2) is 36.7 Å². The molecule has 26 heavy (non-hydrogen) atoms. The lowest BCUT2D eigenvalue weighted by Crippen LogP contribution is -2.20. The lowest BCUT2D eigenvalue weighted by atomic mass is 10.1. The summed E-state index contributed by atoms with van der Waals surface area (Å²) < 4.78 is 7.30. The second-order valence-corrected chi connectivity index (χ2v) is 6.32. The minimum atomic E-state index is -0.209. The Kier molecular flexibility index (Phi) is 4.97. The molecular formula is C19H21N5O2. The molecule has 0 radical (unpaired) electrons. The minimum Gasteiger partial charge on any atom is -0.483 e. The van der Waals surface area contributed by atoms with Gasteiger partial charge in [0.15, 0.2) is 6.61 Å². The highest BCUT2D eigenvalue weighted by Crippen LogP contribution is 2.24. The summed E-state index contributed by atoms with van der Waals surface area (Å²) >= 11 is 0. The molecule has 0 bridgehead atoms. The summed E-state index contributed by atoms with van der Waals surface area (Å²) in [5, 5.41) is 14.0. The number of tetrazole rings is 1. The van der Waals surface area contributed by atoms with E-state index < -0.39 is 0 Å². The number of anilines is 1. The van der Waals surface area contributed by atoms with Gasteiger partial charge >= 0.3 is 0 Å². The zero-order chi connectivity index (χ0) is 18.7. The van der Waals surface area contributed by atoms with Crippen molar-refractivity contribution in [3.05, 3.63) is 58.9 Å². The molecule has 3 aromatic rings. The van der Waals surface area contributed by atoms with Gasteiger partial charge in [-0.05, 0) is 73.0 Å². The SMILES string of the molecule is Cc1cc(C)c(OCC(=O)Nc2ccc(-n3cnnn3)c(C)c2)c(C)c1. The Morgan fingerprint density at radius 1 is 1.08 bits per heavy atom. The van der Waals surface area contributed by atoms with Crippen molar-refractivity contribution in [3.63, 3.8) is 0 Å². The second-order valence-electron chi connectivity index (χ2n) is 6.32. The van der Waals surface area contributed by atoms with E-state index in [0.29, 0.717) is 5.69 Å². The maximum atomic E-state index is 12.2. The number of amides is 1. The van der Waals surface area contributed by atoms with Crippen LogP contribution in [-0.4, -0.2) is 32.7 Å². The van der Waals surface area contributed by atoms with Gasteiger partial charge in [0, 0.05) is 5.69 Å². The van der Waals surface area contributed by atoms with E-state index in [-0.39, 0.29) is 12.5 Å². The number of nitrogens with one attached hydrogen (secondary N) is 1. The quantitative estimate of drug-likeness (QED) is 0.764. The molecule has 2 aromatic carbocycles. The molecule has 1 N–H and O–H groups in total. The molecule has 1 amide bonds. The summed E-state index contributed by atoms with van der Waals surface area (Å²) in [4.78, 5) is 12.2. The number of ether oxygens (including phenoxy) is 1. The Labute approximate surface area is 152 Å². The van der Waals surface area contributed by atoms with Crippen molar-refractivity contribution in [2.75, 3.05) is 11.9 Å². The molecule has 0 unspecified atom stereocenters. The number of aromatic nitrogens is 4. The first-order valence-corrected chi connectivity index (χ1v) is 8.28. The Morgan fingerprint density at radius 2 is 1.81 bits per heavy atom. The van der Waals surface area contributed by atoms with Crippen molar-refractivity contribution in [3.8, 4) is 11.4 Å². The van der Waals surface area contributed by atoms with E-state index in [2.05, 4.69) is 20.8 Å². The molecule has 7 nitrogen and oxygen atoms in total. The topological polar surface area (TPSA) is 81.9 Å². The molecule has 7 heteroatoms. The minimum absolute atomic E-state index is 0.0431. The number of carbonyl (C=O) groups is 1. The first-order chi connectivity index (χ1) is 12.4. The highest BCUT2D eigenvalue weighted by atomic mass is 16.5. The summed E-state index contributed by atoms with van der Waals surface area (Å²) in [5.74, 6) is 0.551. The Morgan fingerprint density at radius 3 is 2.42 bits per heavy atom. The molecule has 0 saturated carbocycles. The van der Waals surface area contributed by atoms with E-state index in [1.165, 1.54) is 11.9 Å². The van der Waals surface area contributed by atoms with E-state index in [1.807, 2.05) is 58.0 Å². The first kappa shape index (κ1) is 17.6. The fraction of sp³-hybridized carbons (Fsp3) is 0.263. The molecule has 134 valence electrons. The number of hydrogen-bond donors (Lipinski definition) is 1. The van der Waals surface area contributed by atoms with Crippen molar-refractivity contribution in [1.82, 2.24) is 20.2 Å². The van der Waals surface area contributed by atoms with Crippen LogP contribution in [0.5, 0.6) is 5.75 Å². The fourth-order valence-electron chi connectivity index (χ4n) is 2.99. The van der Waals surface area contributed by atoms with Crippen LogP contribution >= 0.6 is 0 Å². The Hall–Kier alpha value is -3.22. The predicted molar refractivity (Wildman–Crippen MR) is 98.7 cm³/mol. The van der Waals surface area contributed by atoms with Gasteiger partial charge in [-0.3, -0.25) is 4.79 Å². The van der Waals surface area contributed by atoms with Gasteiger partial charge in [0.25, 0.3) is 5.91 Å². The van der Waals surface area contributed by atoms with Crippen LogP contribution in [-0.2, 0) is 4.79 Å². The summed E-state index contributed by atoms with van der Waals surface area (Å²) in [6, 6.07) is 9.63. The molecule has 1 heterocycles. The van der Waals surface area contributed by atoms with Gasteiger partial charge in [-0.2, -0.15) is 0 Å². The van der Waals surface area contributed by atoms with Gasteiger partial charge in [0.1, 0.15) is 12.1 Å². The number of carbonyl (C=O) groups excluding carboxylic acids is 1. The smallest absolute Gasteiger partial charge is 0.262 e. The van der Waals surface area contributed by atoms with E-state index in [1.54, 1.807) is 4.68 Å². The van der Waals surface area contributed by atoms with E-state index in [9.17, 15) is 4.79 Å². The number of benzene rings is 2. The summed E-state index contributed by atoms with van der Waals surface area (Å²) in [5.41, 5.74) is 5.73. The molecule has 1 aromatic heterocycles. The highest BCUT2D eigenvalue weighted by Gasteiger charge is 2.10. The van der Waals surface area contributed by atoms with Gasteiger partial charge in [-0.15, -0.1) is 5.10 Å². The van der Waals surface area contributed by atoms with Crippen LogP contribution in [0.3, 0.4) is 0 Å². The van der Waals surface area contributed by atoms with Gasteiger partial charge in [-0.25, -0.2) is 4.68 Å². The lowest BCUT2D eigenvalue weighted by molar-refractivity contribution is -0.118. The van der Waals surface area contributed by atoms with Gasteiger partial charge in [0.05, 0.1) is 5.69 Å². The molecule has 0 aliphatic carbocycles. The zero-order valence-electron chi connectivity index (χ0n) is 15.3. The van der Waals surface area contributed by atoms with Gasteiger partial charge in [0.2, 0.25) is 0 Å². The molecule has 0 fully saturated rings. The van der Waals surface area contributed by atoms with Gasteiger partial charge < -0.3 is 10.1 Å². The normalized spacial score (nSPS) is 10.6. The van der Waals surface area contributed by atoms with Crippen molar-refractivity contribution in [2.24, 2.45) is 0 Å². The lowest BCUT2D eigenvalue weighted by Gasteiger charge is -2.13. The van der Waals surface area contributed by atoms with Crippen molar-refractivity contribution < 1.29 is 9.53 Å². The molecule has 0 spiro atoms. The van der Waals surface area contributed by atoms with Crippen LogP contribution in [0.2, 0.25) is 0 Å². The molecule has 0 aliphatic rings. The maximum absolute atomic E-state index is 12.2. The van der Waals surface area contributed by atoms with Crippen molar-refractivity contribution in [2.45, 2.75) is 27.7 Å². The largest absolute Gasteiger partial charge is 0.483 e. The monoisotopic (exact) mass is 351 g/mol. The summed E-state index contributed by atoms with van der Waals surface area (Å²) in [6.07, 6.45) is 1.53. The first-order valence-electron chi connectivity index (χ1n) is 8.28. The highest BCUT2D eigenvalue weighted by molar-refractivity contribution is 5.92. The molecule has 0 saturated heterocycles. The number of rotatable bonds is 5. The molecule has 0 atom stereocenters. The number of aryl methyl sites for hydroxylation is 4. The van der Waals surface area contributed by atoms with Crippen molar-refractivity contribution in [1.29, 1.82) is 0 Å². The Bertz CT molecular complexity index is 912. The molecule has 0 aliphatic heterocycles. The molecule has 3 rings (SSSR count). The van der Waals surface area contributed by atoms with E-state index >= 15 is 0 Å². The number of hydrogen-bond acceptors (Lipinski definition) is 5. The predicted octanol–water partition coefficient (Wildman–Crippen LogP) is 2.91. The van der Waals surface area contributed by atoms with Crippen LogP contribution < -0.4 is 10.1 Å². The van der Waals surface area contributed by atoms with Gasteiger partial charge in [-0.1, -0.05) is 17.7 Å².